The molecule has 0 aromatic heterocycles. The fourth-order valence-corrected chi connectivity index (χ4v) is 2.36. The molecule has 2 heteroatoms. The van der Waals surface area contributed by atoms with E-state index in [1.54, 1.807) is 0 Å². The monoisotopic (exact) mass is 272 g/mol. The summed E-state index contributed by atoms with van der Waals surface area (Å²) in [5.74, 6) is 2.54. The fourth-order valence-electron chi connectivity index (χ4n) is 2.17. The standard InChI is InChI=1S/C17H17ClO/c1-5-17(19,16(2,3)4)14-8-6-13-11-15(18)9-7-12(13)10-14/h1,6-11,19H,2-4H3. The van der Waals surface area contributed by atoms with Crippen LogP contribution in [0.3, 0.4) is 0 Å². The summed E-state index contributed by atoms with van der Waals surface area (Å²) in [4.78, 5) is 0. The van der Waals surface area contributed by atoms with Crippen LogP contribution in [-0.4, -0.2) is 5.11 Å². The van der Waals surface area contributed by atoms with Crippen LogP contribution in [0.1, 0.15) is 26.3 Å². The lowest BCUT2D eigenvalue weighted by Gasteiger charge is -2.36. The van der Waals surface area contributed by atoms with E-state index in [9.17, 15) is 5.11 Å². The highest BCUT2D eigenvalue weighted by Crippen LogP contribution is 2.39. The number of hydrogen-bond acceptors (Lipinski definition) is 1. The van der Waals surface area contributed by atoms with E-state index in [1.165, 1.54) is 0 Å². The number of fused-ring (bicyclic) bond motifs is 1. The summed E-state index contributed by atoms with van der Waals surface area (Å²) >= 11 is 5.97. The zero-order chi connectivity index (χ0) is 14.3. The number of benzene rings is 2. The lowest BCUT2D eigenvalue weighted by molar-refractivity contribution is -0.00874. The summed E-state index contributed by atoms with van der Waals surface area (Å²) in [6.45, 7) is 5.79. The summed E-state index contributed by atoms with van der Waals surface area (Å²) in [5.41, 5.74) is -1.000. The second-order valence-electron chi connectivity index (χ2n) is 5.81. The van der Waals surface area contributed by atoms with Crippen LogP contribution in [0.15, 0.2) is 36.4 Å². The molecule has 0 radical (unpaired) electrons. The third-order valence-electron chi connectivity index (χ3n) is 3.51. The minimum Gasteiger partial charge on any atom is -0.373 e. The Kier molecular flexibility index (Phi) is 3.34. The van der Waals surface area contributed by atoms with Crippen LogP contribution in [0.5, 0.6) is 0 Å². The number of terminal acetylenes is 1. The van der Waals surface area contributed by atoms with Crippen LogP contribution < -0.4 is 0 Å². The van der Waals surface area contributed by atoms with E-state index in [0.717, 1.165) is 16.3 Å². The fraction of sp³-hybridized carbons (Fsp3) is 0.294. The van der Waals surface area contributed by atoms with Gasteiger partial charge >= 0.3 is 0 Å². The van der Waals surface area contributed by atoms with Crippen molar-refractivity contribution in [2.45, 2.75) is 26.4 Å². The second-order valence-corrected chi connectivity index (χ2v) is 6.25. The summed E-state index contributed by atoms with van der Waals surface area (Å²) in [5, 5.41) is 13.5. The zero-order valence-corrected chi connectivity index (χ0v) is 12.1. The van der Waals surface area contributed by atoms with E-state index in [1.807, 2.05) is 57.2 Å². The van der Waals surface area contributed by atoms with E-state index in [0.29, 0.717) is 5.02 Å². The molecule has 0 aliphatic heterocycles. The van der Waals surface area contributed by atoms with Gasteiger partial charge in [-0.1, -0.05) is 56.5 Å². The number of halogens is 1. The first-order valence-corrected chi connectivity index (χ1v) is 6.56. The molecule has 2 rings (SSSR count). The Morgan fingerprint density at radius 2 is 1.63 bits per heavy atom. The van der Waals surface area contributed by atoms with Crippen molar-refractivity contribution >= 4 is 22.4 Å². The molecule has 19 heavy (non-hydrogen) atoms. The van der Waals surface area contributed by atoms with Crippen LogP contribution in [-0.2, 0) is 5.60 Å². The third-order valence-corrected chi connectivity index (χ3v) is 3.75. The molecule has 2 aromatic rings. The van der Waals surface area contributed by atoms with Crippen molar-refractivity contribution in [3.05, 3.63) is 47.0 Å². The first-order chi connectivity index (χ1) is 8.78. The first kappa shape index (κ1) is 13.9. The maximum absolute atomic E-state index is 10.8. The predicted molar refractivity (Wildman–Crippen MR) is 81.1 cm³/mol. The van der Waals surface area contributed by atoms with Gasteiger partial charge in [0.25, 0.3) is 0 Å². The summed E-state index contributed by atoms with van der Waals surface area (Å²) in [7, 11) is 0. The molecule has 0 saturated carbocycles. The number of hydrogen-bond donors (Lipinski definition) is 1. The van der Waals surface area contributed by atoms with Crippen molar-refractivity contribution in [1.82, 2.24) is 0 Å². The molecular weight excluding hydrogens is 256 g/mol. The molecule has 1 N–H and O–H groups in total. The minimum atomic E-state index is -1.29. The van der Waals surface area contributed by atoms with Gasteiger partial charge in [-0.05, 0) is 34.5 Å². The van der Waals surface area contributed by atoms with Crippen molar-refractivity contribution in [2.75, 3.05) is 0 Å². The van der Waals surface area contributed by atoms with Crippen molar-refractivity contribution < 1.29 is 5.11 Å². The molecule has 0 spiro atoms. The van der Waals surface area contributed by atoms with Gasteiger partial charge in [0.15, 0.2) is 5.60 Å². The van der Waals surface area contributed by atoms with Gasteiger partial charge in [-0.3, -0.25) is 0 Å². The Balaban J connectivity index is 2.64. The molecule has 0 aliphatic rings. The van der Waals surface area contributed by atoms with Crippen molar-refractivity contribution in [3.63, 3.8) is 0 Å². The van der Waals surface area contributed by atoms with Crippen LogP contribution in [0.4, 0.5) is 0 Å². The van der Waals surface area contributed by atoms with Crippen molar-refractivity contribution in [1.29, 1.82) is 0 Å². The number of aliphatic hydroxyl groups is 1. The van der Waals surface area contributed by atoms with Crippen LogP contribution in [0, 0.1) is 17.8 Å². The predicted octanol–water partition coefficient (Wildman–Crippen LogP) is 4.36. The molecule has 0 fully saturated rings. The summed E-state index contributed by atoms with van der Waals surface area (Å²) < 4.78 is 0. The first-order valence-electron chi connectivity index (χ1n) is 6.18. The average Bonchev–Trinajstić information content (AvgIpc) is 2.35. The molecule has 0 bridgehead atoms. The molecule has 1 nitrogen and oxygen atoms in total. The van der Waals surface area contributed by atoms with E-state index in [-0.39, 0.29) is 0 Å². The van der Waals surface area contributed by atoms with Gasteiger partial charge in [0.2, 0.25) is 0 Å². The third kappa shape index (κ3) is 2.34. The highest BCUT2D eigenvalue weighted by Gasteiger charge is 2.40. The van der Waals surface area contributed by atoms with Gasteiger partial charge in [-0.2, -0.15) is 0 Å². The summed E-state index contributed by atoms with van der Waals surface area (Å²) in [6.07, 6.45) is 5.57. The average molecular weight is 273 g/mol. The molecule has 0 amide bonds. The molecule has 0 aliphatic carbocycles. The van der Waals surface area contributed by atoms with Crippen LogP contribution in [0.2, 0.25) is 5.02 Å². The normalized spacial score (nSPS) is 14.9. The molecule has 1 atom stereocenters. The minimum absolute atomic E-state index is 0.443. The molecule has 1 unspecified atom stereocenters. The topological polar surface area (TPSA) is 20.2 Å². The second kappa shape index (κ2) is 4.56. The van der Waals surface area contributed by atoms with E-state index < -0.39 is 11.0 Å². The number of rotatable bonds is 1. The SMILES string of the molecule is C#CC(O)(c1ccc2cc(Cl)ccc2c1)C(C)(C)C. The summed E-state index contributed by atoms with van der Waals surface area (Å²) in [6, 6.07) is 11.4. The largest absolute Gasteiger partial charge is 0.373 e. The highest BCUT2D eigenvalue weighted by atomic mass is 35.5. The van der Waals surface area contributed by atoms with Crippen molar-refractivity contribution in [3.8, 4) is 12.3 Å². The van der Waals surface area contributed by atoms with E-state index in [4.69, 9.17) is 18.0 Å². The van der Waals surface area contributed by atoms with Crippen LogP contribution in [0.25, 0.3) is 10.8 Å². The lowest BCUT2D eigenvalue weighted by atomic mass is 9.72. The van der Waals surface area contributed by atoms with Gasteiger partial charge < -0.3 is 5.11 Å². The molecule has 2 aromatic carbocycles. The smallest absolute Gasteiger partial charge is 0.155 e. The highest BCUT2D eigenvalue weighted by molar-refractivity contribution is 6.31. The van der Waals surface area contributed by atoms with E-state index >= 15 is 0 Å². The Morgan fingerprint density at radius 3 is 2.21 bits per heavy atom. The Bertz CT molecular complexity index is 661. The van der Waals surface area contributed by atoms with Crippen LogP contribution >= 0.6 is 11.6 Å². The maximum Gasteiger partial charge on any atom is 0.155 e. The zero-order valence-electron chi connectivity index (χ0n) is 11.4. The maximum atomic E-state index is 10.8. The molecule has 0 heterocycles. The molecule has 98 valence electrons. The Labute approximate surface area is 119 Å². The van der Waals surface area contributed by atoms with Gasteiger partial charge in [-0.25, -0.2) is 0 Å². The quantitative estimate of drug-likeness (QED) is 0.765. The van der Waals surface area contributed by atoms with Gasteiger partial charge in [-0.15, -0.1) is 6.42 Å². The van der Waals surface area contributed by atoms with Gasteiger partial charge in [0, 0.05) is 10.4 Å². The van der Waals surface area contributed by atoms with Gasteiger partial charge in [0.05, 0.1) is 0 Å². The molecular formula is C17H17ClO. The van der Waals surface area contributed by atoms with Crippen molar-refractivity contribution in [2.24, 2.45) is 5.41 Å². The van der Waals surface area contributed by atoms with Gasteiger partial charge in [0.1, 0.15) is 0 Å². The Hall–Kier alpha value is -1.49. The Morgan fingerprint density at radius 1 is 1.05 bits per heavy atom. The van der Waals surface area contributed by atoms with E-state index in [2.05, 4.69) is 5.92 Å². The molecule has 0 saturated heterocycles. The lowest BCUT2D eigenvalue weighted by Crippen LogP contribution is -2.38.